The molecule has 0 unspecified atom stereocenters. The molecule has 178 valence electrons. The van der Waals surface area contributed by atoms with Gasteiger partial charge in [0.05, 0.1) is 27.0 Å². The Hall–Kier alpha value is -4.11. The first-order valence-corrected chi connectivity index (χ1v) is 11.4. The third-order valence-corrected chi connectivity index (χ3v) is 7.38. The summed E-state index contributed by atoms with van der Waals surface area (Å²) < 4.78 is 71.4. The van der Waals surface area contributed by atoms with Crippen LogP contribution in [0.3, 0.4) is 0 Å². The standard InChI is InChI=1S/C27H12F5NO2S/c1-33-17-9-13(36-19(17)10-18(33)20-21(28)23(30)25(32)24(31)22(20)29)8-16-26(34)14-6-11-4-2-3-5-12(11)7-15(14)27(16)35/h2-10H,1H3. The molecule has 5 aromatic rings. The van der Waals surface area contributed by atoms with Gasteiger partial charge >= 0.3 is 0 Å². The van der Waals surface area contributed by atoms with Gasteiger partial charge in [0.1, 0.15) is 0 Å². The quantitative estimate of drug-likeness (QED) is 0.0829. The number of ketones is 2. The Labute approximate surface area is 203 Å². The zero-order chi connectivity index (χ0) is 25.5. The maximum atomic E-state index is 14.4. The van der Waals surface area contributed by atoms with Crippen molar-refractivity contribution >= 4 is 50.0 Å². The van der Waals surface area contributed by atoms with E-state index >= 15 is 0 Å². The van der Waals surface area contributed by atoms with E-state index in [9.17, 15) is 31.5 Å². The van der Waals surface area contributed by atoms with Crippen LogP contribution < -0.4 is 0 Å². The summed E-state index contributed by atoms with van der Waals surface area (Å²) in [5.41, 5.74) is -0.158. The molecule has 6 rings (SSSR count). The number of fused-ring (bicyclic) bond motifs is 3. The normalized spacial score (nSPS) is 13.3. The maximum absolute atomic E-state index is 14.4. The van der Waals surface area contributed by atoms with Gasteiger partial charge in [-0.2, -0.15) is 0 Å². The molecule has 1 aliphatic carbocycles. The van der Waals surface area contributed by atoms with Crippen molar-refractivity contribution in [3.05, 3.63) is 99.2 Å². The van der Waals surface area contributed by atoms with Crippen molar-refractivity contribution in [2.75, 3.05) is 0 Å². The van der Waals surface area contributed by atoms with E-state index in [0.29, 0.717) is 26.2 Å². The molecular weight excluding hydrogens is 497 g/mol. The van der Waals surface area contributed by atoms with Gasteiger partial charge < -0.3 is 4.57 Å². The van der Waals surface area contributed by atoms with Gasteiger partial charge in [-0.15, -0.1) is 11.3 Å². The Balaban J connectivity index is 1.43. The van der Waals surface area contributed by atoms with Crippen molar-refractivity contribution in [3.8, 4) is 11.3 Å². The van der Waals surface area contributed by atoms with Crippen LogP contribution in [-0.2, 0) is 7.05 Å². The third kappa shape index (κ3) is 3.02. The first-order chi connectivity index (χ1) is 17.2. The van der Waals surface area contributed by atoms with Gasteiger partial charge in [-0.3, -0.25) is 9.59 Å². The van der Waals surface area contributed by atoms with E-state index in [0.717, 1.165) is 22.1 Å². The molecule has 0 amide bonds. The van der Waals surface area contributed by atoms with E-state index < -0.39 is 46.2 Å². The van der Waals surface area contributed by atoms with Crippen LogP contribution >= 0.6 is 11.3 Å². The molecule has 3 aromatic carbocycles. The summed E-state index contributed by atoms with van der Waals surface area (Å²) in [5.74, 6) is -10.9. The molecule has 0 saturated carbocycles. The lowest BCUT2D eigenvalue weighted by Crippen LogP contribution is -2.06. The number of aromatic nitrogens is 1. The first kappa shape index (κ1) is 22.4. The van der Waals surface area contributed by atoms with E-state index in [1.54, 1.807) is 18.2 Å². The summed E-state index contributed by atoms with van der Waals surface area (Å²) in [6.07, 6.45) is 1.46. The van der Waals surface area contributed by atoms with Crippen molar-refractivity contribution in [1.29, 1.82) is 0 Å². The fourth-order valence-electron chi connectivity index (χ4n) is 4.55. The molecule has 36 heavy (non-hydrogen) atoms. The Morgan fingerprint density at radius 2 is 1.28 bits per heavy atom. The molecule has 0 aliphatic heterocycles. The molecule has 2 heterocycles. The highest BCUT2D eigenvalue weighted by molar-refractivity contribution is 7.19. The van der Waals surface area contributed by atoms with Crippen LogP contribution in [0, 0.1) is 29.1 Å². The number of allylic oxidation sites excluding steroid dienone is 1. The lowest BCUT2D eigenvalue weighted by molar-refractivity contribution is 0.0990. The zero-order valence-corrected chi connectivity index (χ0v) is 19.1. The molecule has 0 saturated heterocycles. The fraction of sp³-hybridized carbons (Fsp3) is 0.0370. The van der Waals surface area contributed by atoms with Crippen molar-refractivity contribution < 1.29 is 31.5 Å². The molecular formula is C27H12F5NO2S. The van der Waals surface area contributed by atoms with Crippen molar-refractivity contribution in [2.45, 2.75) is 0 Å². The second-order valence-electron chi connectivity index (χ2n) is 8.39. The third-order valence-electron chi connectivity index (χ3n) is 6.37. The highest BCUT2D eigenvalue weighted by atomic mass is 32.1. The van der Waals surface area contributed by atoms with E-state index in [4.69, 9.17) is 0 Å². The first-order valence-electron chi connectivity index (χ1n) is 10.6. The van der Waals surface area contributed by atoms with Gasteiger partial charge in [-0.1, -0.05) is 24.3 Å². The van der Waals surface area contributed by atoms with E-state index in [2.05, 4.69) is 0 Å². The maximum Gasteiger partial charge on any atom is 0.200 e. The number of benzene rings is 3. The average Bonchev–Trinajstić information content (AvgIpc) is 3.48. The van der Waals surface area contributed by atoms with Gasteiger partial charge in [-0.05, 0) is 41.1 Å². The lowest BCUT2D eigenvalue weighted by Gasteiger charge is -2.09. The molecule has 0 bridgehead atoms. The lowest BCUT2D eigenvalue weighted by atomic mass is 10.0. The van der Waals surface area contributed by atoms with Gasteiger partial charge in [0, 0.05) is 23.1 Å². The van der Waals surface area contributed by atoms with Crippen LogP contribution in [0.2, 0.25) is 0 Å². The number of hydrogen-bond donors (Lipinski definition) is 0. The van der Waals surface area contributed by atoms with Crippen LogP contribution in [0.4, 0.5) is 22.0 Å². The summed E-state index contributed by atoms with van der Waals surface area (Å²) in [7, 11) is 1.42. The smallest absolute Gasteiger partial charge is 0.200 e. The van der Waals surface area contributed by atoms with E-state index in [-0.39, 0.29) is 11.3 Å². The van der Waals surface area contributed by atoms with Crippen LogP contribution in [0.5, 0.6) is 0 Å². The number of hydrogen-bond acceptors (Lipinski definition) is 3. The topological polar surface area (TPSA) is 39.1 Å². The van der Waals surface area contributed by atoms with Crippen LogP contribution in [0.15, 0.2) is 54.1 Å². The number of carbonyl (C=O) groups excluding carboxylic acids is 2. The largest absolute Gasteiger partial charge is 0.343 e. The van der Waals surface area contributed by atoms with Crippen LogP contribution in [-0.4, -0.2) is 16.1 Å². The number of nitrogens with zero attached hydrogens (tertiary/aromatic N) is 1. The van der Waals surface area contributed by atoms with Gasteiger partial charge in [-0.25, -0.2) is 22.0 Å². The van der Waals surface area contributed by atoms with Gasteiger partial charge in [0.25, 0.3) is 0 Å². The number of carbonyl (C=O) groups is 2. The Bertz CT molecular complexity index is 1760. The average molecular weight is 509 g/mol. The SMILES string of the molecule is Cn1c(-c2c(F)c(F)c(F)c(F)c2F)cc2sc(C=C3C(=O)c4cc5ccccc5cc4C3=O)cc21. The Kier molecular flexibility index (Phi) is 4.78. The van der Waals surface area contributed by atoms with Gasteiger partial charge in [0.15, 0.2) is 34.8 Å². The second-order valence-corrected chi connectivity index (χ2v) is 9.51. The molecule has 2 aromatic heterocycles. The minimum absolute atomic E-state index is 0.00755. The van der Waals surface area contributed by atoms with Crippen molar-refractivity contribution in [3.63, 3.8) is 0 Å². The predicted molar refractivity (Wildman–Crippen MR) is 127 cm³/mol. The summed E-state index contributed by atoms with van der Waals surface area (Å²) in [6.45, 7) is 0. The Morgan fingerprint density at radius 3 is 1.81 bits per heavy atom. The molecule has 0 spiro atoms. The highest BCUT2D eigenvalue weighted by Gasteiger charge is 2.34. The fourth-order valence-corrected chi connectivity index (χ4v) is 5.63. The summed E-state index contributed by atoms with van der Waals surface area (Å²) in [6, 6.07) is 13.6. The second kappa shape index (κ2) is 7.69. The molecule has 0 radical (unpaired) electrons. The number of rotatable bonds is 2. The minimum atomic E-state index is -2.22. The van der Waals surface area contributed by atoms with Gasteiger partial charge in [0.2, 0.25) is 5.82 Å². The number of aryl methyl sites for hydroxylation is 1. The monoisotopic (exact) mass is 509 g/mol. The molecule has 1 aliphatic rings. The minimum Gasteiger partial charge on any atom is -0.343 e. The van der Waals surface area contributed by atoms with Crippen molar-refractivity contribution in [1.82, 2.24) is 4.57 Å². The molecule has 9 heteroatoms. The molecule has 0 atom stereocenters. The number of halogens is 5. The molecule has 0 fully saturated rings. The summed E-state index contributed by atoms with van der Waals surface area (Å²) in [4.78, 5) is 26.5. The molecule has 0 N–H and O–H groups in total. The van der Waals surface area contributed by atoms with Crippen LogP contribution in [0.25, 0.3) is 38.3 Å². The molecule has 3 nitrogen and oxygen atoms in total. The van der Waals surface area contributed by atoms with E-state index in [1.165, 1.54) is 23.8 Å². The predicted octanol–water partition coefficient (Wildman–Crippen LogP) is 7.22. The van der Waals surface area contributed by atoms with Crippen LogP contribution in [0.1, 0.15) is 25.6 Å². The van der Waals surface area contributed by atoms with E-state index in [1.807, 2.05) is 24.3 Å². The number of Topliss-reactive ketones (excluding diaryl/α,β-unsaturated/α-hetero) is 2. The summed E-state index contributed by atoms with van der Waals surface area (Å²) in [5, 5.41) is 1.67. The zero-order valence-electron chi connectivity index (χ0n) is 18.3. The highest BCUT2D eigenvalue weighted by Crippen LogP contribution is 2.39. The number of thiophene rings is 1. The summed E-state index contributed by atoms with van der Waals surface area (Å²) >= 11 is 1.11. The Morgan fingerprint density at radius 1 is 0.750 bits per heavy atom. The van der Waals surface area contributed by atoms with Crippen molar-refractivity contribution in [2.24, 2.45) is 7.05 Å².